The van der Waals surface area contributed by atoms with E-state index in [0.29, 0.717) is 41.2 Å². The summed E-state index contributed by atoms with van der Waals surface area (Å²) >= 11 is 0. The number of carbonyl (C=O) groups is 1. The summed E-state index contributed by atoms with van der Waals surface area (Å²) in [6.45, 7) is 4.05. The lowest BCUT2D eigenvalue weighted by atomic mass is 10.2. The second-order valence-electron chi connectivity index (χ2n) is 5.68. The summed E-state index contributed by atoms with van der Waals surface area (Å²) in [5, 5.41) is 9.31. The largest absolute Gasteiger partial charge is 0.339 e. The van der Waals surface area contributed by atoms with Gasteiger partial charge in [0.2, 0.25) is 11.7 Å². The van der Waals surface area contributed by atoms with E-state index in [4.69, 9.17) is 4.52 Å². The fourth-order valence-corrected chi connectivity index (χ4v) is 2.58. The molecule has 4 aromatic rings. The zero-order valence-corrected chi connectivity index (χ0v) is 14.7. The molecule has 0 atom stereocenters. The van der Waals surface area contributed by atoms with Crippen LogP contribution in [-0.4, -0.2) is 42.1 Å². The highest BCUT2D eigenvalue weighted by Gasteiger charge is 2.17. The van der Waals surface area contributed by atoms with Gasteiger partial charge in [0.15, 0.2) is 11.6 Å². The van der Waals surface area contributed by atoms with Crippen LogP contribution in [0.3, 0.4) is 0 Å². The zero-order valence-electron chi connectivity index (χ0n) is 14.7. The molecule has 2 amide bonds. The molecule has 4 heterocycles. The summed E-state index contributed by atoms with van der Waals surface area (Å²) in [4.78, 5) is 29.3. The third-order valence-electron chi connectivity index (χ3n) is 3.72. The number of nitrogens with zero attached hydrogens (tertiary/aromatic N) is 6. The molecule has 136 valence electrons. The van der Waals surface area contributed by atoms with Gasteiger partial charge in [0.25, 0.3) is 0 Å². The van der Waals surface area contributed by atoms with E-state index < -0.39 is 0 Å². The van der Waals surface area contributed by atoms with Crippen LogP contribution in [0, 0.1) is 6.92 Å². The number of amides is 2. The van der Waals surface area contributed by atoms with Crippen molar-refractivity contribution in [3.63, 3.8) is 0 Å². The highest BCUT2D eigenvalue weighted by molar-refractivity contribution is 5.88. The van der Waals surface area contributed by atoms with Crippen LogP contribution in [0.2, 0.25) is 0 Å². The van der Waals surface area contributed by atoms with E-state index >= 15 is 0 Å². The van der Waals surface area contributed by atoms with Crippen LogP contribution < -0.4 is 10.6 Å². The lowest BCUT2D eigenvalue weighted by Gasteiger charge is -2.05. The molecule has 27 heavy (non-hydrogen) atoms. The molecule has 0 bridgehead atoms. The minimum atomic E-state index is -0.335. The van der Waals surface area contributed by atoms with Gasteiger partial charge in [0, 0.05) is 37.5 Å². The van der Waals surface area contributed by atoms with Crippen LogP contribution in [0.1, 0.15) is 12.8 Å². The number of pyridine rings is 1. The van der Waals surface area contributed by atoms with E-state index in [9.17, 15) is 4.79 Å². The van der Waals surface area contributed by atoms with Gasteiger partial charge in [-0.05, 0) is 19.1 Å². The Bertz CT molecular complexity index is 1100. The van der Waals surface area contributed by atoms with Gasteiger partial charge in [0.05, 0.1) is 11.9 Å². The Morgan fingerprint density at radius 2 is 2.19 bits per heavy atom. The van der Waals surface area contributed by atoms with Crippen molar-refractivity contribution in [3.8, 4) is 22.9 Å². The highest BCUT2D eigenvalue weighted by Crippen LogP contribution is 2.24. The minimum absolute atomic E-state index is 0.324. The normalized spacial score (nSPS) is 10.9. The monoisotopic (exact) mass is 364 g/mol. The standard InChI is InChI=1S/C17H16N8O2/c1-3-19-17(26)23-13-9-25-14(22-13)7-12(11-5-4-6-18-8-11)21-16(25)15-20-10(2)27-24-15/h4-9H,3H2,1-2H3,(H2,19,23,26). The second-order valence-corrected chi connectivity index (χ2v) is 5.68. The Morgan fingerprint density at radius 1 is 1.30 bits per heavy atom. The maximum absolute atomic E-state index is 11.8. The molecule has 2 N–H and O–H groups in total. The number of hydrogen-bond acceptors (Lipinski definition) is 7. The second kappa shape index (κ2) is 6.83. The van der Waals surface area contributed by atoms with Crippen LogP contribution in [0.25, 0.3) is 28.6 Å². The first kappa shape index (κ1) is 16.6. The van der Waals surface area contributed by atoms with Crippen molar-refractivity contribution in [1.29, 1.82) is 0 Å². The Labute approximate surface area is 153 Å². The maximum atomic E-state index is 11.8. The van der Waals surface area contributed by atoms with Crippen LogP contribution in [0.5, 0.6) is 0 Å². The third-order valence-corrected chi connectivity index (χ3v) is 3.72. The van der Waals surface area contributed by atoms with Crippen LogP contribution in [0.15, 0.2) is 41.3 Å². The molecule has 0 radical (unpaired) electrons. The predicted molar refractivity (Wildman–Crippen MR) is 96.9 cm³/mol. The average Bonchev–Trinajstić information content (AvgIpc) is 3.27. The molecule has 0 unspecified atom stereocenters. The number of aryl methyl sites for hydroxylation is 1. The van der Waals surface area contributed by atoms with Gasteiger partial charge in [-0.3, -0.25) is 14.7 Å². The quantitative estimate of drug-likeness (QED) is 0.569. The number of rotatable bonds is 4. The fourth-order valence-electron chi connectivity index (χ4n) is 2.58. The number of carbonyl (C=O) groups excluding carboxylic acids is 1. The van der Waals surface area contributed by atoms with E-state index in [1.807, 2.05) is 19.1 Å². The Kier molecular flexibility index (Phi) is 4.21. The Balaban J connectivity index is 1.86. The first-order valence-electron chi connectivity index (χ1n) is 8.30. The van der Waals surface area contributed by atoms with Gasteiger partial charge in [-0.2, -0.15) is 4.98 Å². The molecule has 10 heteroatoms. The van der Waals surface area contributed by atoms with Crippen molar-refractivity contribution in [2.45, 2.75) is 13.8 Å². The maximum Gasteiger partial charge on any atom is 0.320 e. The van der Waals surface area contributed by atoms with Crippen molar-refractivity contribution in [1.82, 2.24) is 34.8 Å². The first-order valence-corrected chi connectivity index (χ1v) is 8.30. The first-order chi connectivity index (χ1) is 13.1. The van der Waals surface area contributed by atoms with Crippen molar-refractivity contribution < 1.29 is 9.32 Å². The molecule has 0 aliphatic carbocycles. The molecule has 0 spiro atoms. The van der Waals surface area contributed by atoms with E-state index in [2.05, 4.69) is 35.7 Å². The van der Waals surface area contributed by atoms with Crippen molar-refractivity contribution in [2.75, 3.05) is 11.9 Å². The van der Waals surface area contributed by atoms with E-state index in [0.717, 1.165) is 5.56 Å². The number of fused-ring (bicyclic) bond motifs is 1. The summed E-state index contributed by atoms with van der Waals surface area (Å²) in [5.41, 5.74) is 2.05. The van der Waals surface area contributed by atoms with Gasteiger partial charge in [-0.25, -0.2) is 14.8 Å². The molecule has 4 aromatic heterocycles. The number of urea groups is 1. The topological polar surface area (TPSA) is 123 Å². The number of nitrogens with one attached hydrogen (secondary N) is 2. The molecule has 4 rings (SSSR count). The Morgan fingerprint density at radius 3 is 2.89 bits per heavy atom. The lowest BCUT2D eigenvalue weighted by molar-refractivity contribution is 0.252. The minimum Gasteiger partial charge on any atom is -0.339 e. The van der Waals surface area contributed by atoms with Gasteiger partial charge >= 0.3 is 6.03 Å². The van der Waals surface area contributed by atoms with E-state index in [-0.39, 0.29) is 6.03 Å². The fraction of sp³-hybridized carbons (Fsp3) is 0.176. The molecule has 0 saturated heterocycles. The van der Waals surface area contributed by atoms with Crippen LogP contribution in [0.4, 0.5) is 10.6 Å². The average molecular weight is 364 g/mol. The molecule has 0 aliphatic heterocycles. The number of hydrogen-bond donors (Lipinski definition) is 2. The van der Waals surface area contributed by atoms with Crippen LogP contribution >= 0.6 is 0 Å². The summed E-state index contributed by atoms with van der Waals surface area (Å²) in [7, 11) is 0. The summed E-state index contributed by atoms with van der Waals surface area (Å²) in [5.74, 6) is 1.57. The van der Waals surface area contributed by atoms with Crippen molar-refractivity contribution in [3.05, 3.63) is 42.7 Å². The van der Waals surface area contributed by atoms with Gasteiger partial charge in [0.1, 0.15) is 5.65 Å². The zero-order chi connectivity index (χ0) is 18.8. The summed E-state index contributed by atoms with van der Waals surface area (Å²) < 4.78 is 6.79. The summed E-state index contributed by atoms with van der Waals surface area (Å²) in [6.07, 6.45) is 5.06. The van der Waals surface area contributed by atoms with Gasteiger partial charge < -0.3 is 9.84 Å². The number of aromatic nitrogens is 6. The van der Waals surface area contributed by atoms with E-state index in [1.165, 1.54) is 0 Å². The molecule has 0 aromatic carbocycles. The molecular weight excluding hydrogens is 348 g/mol. The predicted octanol–water partition coefficient (Wildman–Crippen LogP) is 2.29. The van der Waals surface area contributed by atoms with Gasteiger partial charge in [-0.15, -0.1) is 0 Å². The Hall–Kier alpha value is -3.82. The summed E-state index contributed by atoms with van der Waals surface area (Å²) in [6, 6.07) is 5.19. The van der Waals surface area contributed by atoms with Crippen molar-refractivity contribution in [2.24, 2.45) is 0 Å². The van der Waals surface area contributed by atoms with E-state index in [1.54, 1.807) is 36.0 Å². The smallest absolute Gasteiger partial charge is 0.320 e. The lowest BCUT2D eigenvalue weighted by Crippen LogP contribution is -2.28. The molecule has 0 fully saturated rings. The van der Waals surface area contributed by atoms with Crippen LogP contribution in [-0.2, 0) is 0 Å². The molecule has 0 aliphatic rings. The molecule has 0 saturated carbocycles. The number of anilines is 1. The third kappa shape index (κ3) is 3.32. The number of imidazole rings is 1. The van der Waals surface area contributed by atoms with Gasteiger partial charge in [-0.1, -0.05) is 5.16 Å². The highest BCUT2D eigenvalue weighted by atomic mass is 16.5. The SMILES string of the molecule is CCNC(=O)Nc1cn2c(-c3noc(C)n3)nc(-c3cccnc3)cc2n1. The molecular formula is C17H16N8O2. The molecule has 10 nitrogen and oxygen atoms in total. The van der Waals surface area contributed by atoms with Crippen molar-refractivity contribution >= 4 is 17.5 Å².